The Morgan fingerprint density at radius 3 is 2.88 bits per heavy atom. The van der Waals surface area contributed by atoms with Crippen molar-refractivity contribution in [2.24, 2.45) is 0 Å². The van der Waals surface area contributed by atoms with Gasteiger partial charge in [-0.05, 0) is 0 Å². The molecule has 1 unspecified atom stereocenters. The number of aliphatic carboxylic acids is 1. The predicted octanol–water partition coefficient (Wildman–Crippen LogP) is 1.07. The summed E-state index contributed by atoms with van der Waals surface area (Å²) in [5, 5.41) is 17.9. The van der Waals surface area contributed by atoms with Crippen molar-refractivity contribution in [3.8, 4) is 0 Å². The molecule has 1 aliphatic rings. The maximum atomic E-state index is 10.7. The standard InChI is InChI=1S/C10H16N4O2S/c1-10(2,3)8-11-12-9-14(8)13-6(5-17-9)4-7(15)16/h6,13H,4-5H2,1-3H3,(H,15,16). The fourth-order valence-electron chi connectivity index (χ4n) is 1.68. The third-order valence-corrected chi connectivity index (χ3v) is 3.54. The zero-order valence-corrected chi connectivity index (χ0v) is 10.9. The molecular weight excluding hydrogens is 240 g/mol. The summed E-state index contributed by atoms with van der Waals surface area (Å²) >= 11 is 1.54. The molecule has 1 aromatic heterocycles. The van der Waals surface area contributed by atoms with Crippen LogP contribution in [-0.2, 0) is 10.2 Å². The molecule has 2 heterocycles. The van der Waals surface area contributed by atoms with Crippen molar-refractivity contribution in [3.05, 3.63) is 5.82 Å². The molecule has 2 rings (SSSR count). The molecule has 6 nitrogen and oxygen atoms in total. The van der Waals surface area contributed by atoms with E-state index in [1.54, 1.807) is 0 Å². The van der Waals surface area contributed by atoms with Crippen molar-refractivity contribution in [2.45, 2.75) is 43.8 Å². The van der Waals surface area contributed by atoms with Gasteiger partial charge in [-0.2, -0.15) is 0 Å². The lowest BCUT2D eigenvalue weighted by Gasteiger charge is -2.27. The highest BCUT2D eigenvalue weighted by Gasteiger charge is 2.29. The largest absolute Gasteiger partial charge is 0.481 e. The van der Waals surface area contributed by atoms with E-state index in [-0.39, 0.29) is 17.9 Å². The summed E-state index contributed by atoms with van der Waals surface area (Å²) in [6.07, 6.45) is 0.105. The second-order valence-electron chi connectivity index (χ2n) is 5.13. The summed E-state index contributed by atoms with van der Waals surface area (Å²) in [6.45, 7) is 6.16. The minimum atomic E-state index is -0.795. The van der Waals surface area contributed by atoms with E-state index in [2.05, 4.69) is 36.4 Å². The molecule has 0 fully saturated rings. The monoisotopic (exact) mass is 256 g/mol. The number of nitrogens with one attached hydrogen (secondary N) is 1. The van der Waals surface area contributed by atoms with Gasteiger partial charge in [0.2, 0.25) is 5.16 Å². The number of hydrogen-bond donors (Lipinski definition) is 2. The minimum Gasteiger partial charge on any atom is -0.481 e. The Bertz CT molecular complexity index is 438. The van der Waals surface area contributed by atoms with Crippen LogP contribution in [-0.4, -0.2) is 37.7 Å². The third kappa shape index (κ3) is 2.54. The van der Waals surface area contributed by atoms with Crippen LogP contribution in [0.15, 0.2) is 5.16 Å². The quantitative estimate of drug-likeness (QED) is 0.824. The van der Waals surface area contributed by atoms with Crippen LogP contribution < -0.4 is 5.43 Å². The normalized spacial score (nSPS) is 19.6. The highest BCUT2D eigenvalue weighted by Crippen LogP contribution is 2.28. The van der Waals surface area contributed by atoms with E-state index in [9.17, 15) is 4.79 Å². The Hall–Kier alpha value is -1.24. The van der Waals surface area contributed by atoms with Gasteiger partial charge >= 0.3 is 5.97 Å². The van der Waals surface area contributed by atoms with Crippen LogP contribution in [0.4, 0.5) is 0 Å². The molecule has 7 heteroatoms. The summed E-state index contributed by atoms with van der Waals surface area (Å²) in [6, 6.07) is -0.0814. The van der Waals surface area contributed by atoms with E-state index >= 15 is 0 Å². The highest BCUT2D eigenvalue weighted by molar-refractivity contribution is 7.99. The molecular formula is C10H16N4O2S. The number of thioether (sulfide) groups is 1. The van der Waals surface area contributed by atoms with E-state index < -0.39 is 5.97 Å². The van der Waals surface area contributed by atoms with Crippen molar-refractivity contribution in [3.63, 3.8) is 0 Å². The molecule has 0 bridgehead atoms. The Labute approximate surface area is 104 Å². The van der Waals surface area contributed by atoms with Gasteiger partial charge in [0.1, 0.15) is 0 Å². The van der Waals surface area contributed by atoms with Gasteiger partial charge in [0, 0.05) is 11.2 Å². The number of rotatable bonds is 2. The molecule has 2 N–H and O–H groups in total. The van der Waals surface area contributed by atoms with Crippen LogP contribution in [0.1, 0.15) is 33.0 Å². The lowest BCUT2D eigenvalue weighted by molar-refractivity contribution is -0.137. The van der Waals surface area contributed by atoms with E-state index in [1.807, 2.05) is 4.68 Å². The van der Waals surface area contributed by atoms with Gasteiger partial charge in [-0.1, -0.05) is 32.5 Å². The minimum absolute atomic E-state index is 0.0814. The fraction of sp³-hybridized carbons (Fsp3) is 0.700. The average Bonchev–Trinajstić information content (AvgIpc) is 2.58. The van der Waals surface area contributed by atoms with Crippen LogP contribution in [0.25, 0.3) is 0 Å². The molecule has 0 saturated carbocycles. The highest BCUT2D eigenvalue weighted by atomic mass is 32.2. The molecule has 0 saturated heterocycles. The predicted molar refractivity (Wildman–Crippen MR) is 64.8 cm³/mol. The number of fused-ring (bicyclic) bond motifs is 1. The Balaban J connectivity index is 2.23. The van der Waals surface area contributed by atoms with Gasteiger partial charge in [-0.15, -0.1) is 10.2 Å². The molecule has 94 valence electrons. The Morgan fingerprint density at radius 2 is 2.29 bits per heavy atom. The van der Waals surface area contributed by atoms with Gasteiger partial charge < -0.3 is 10.5 Å². The first-order valence-electron chi connectivity index (χ1n) is 5.45. The van der Waals surface area contributed by atoms with Crippen molar-refractivity contribution in [1.82, 2.24) is 14.9 Å². The summed E-state index contributed by atoms with van der Waals surface area (Å²) in [4.78, 5) is 10.7. The topological polar surface area (TPSA) is 80.0 Å². The molecule has 0 radical (unpaired) electrons. The zero-order chi connectivity index (χ0) is 12.6. The van der Waals surface area contributed by atoms with Gasteiger partial charge in [0.25, 0.3) is 0 Å². The third-order valence-electron chi connectivity index (χ3n) is 2.45. The van der Waals surface area contributed by atoms with E-state index in [1.165, 1.54) is 11.8 Å². The van der Waals surface area contributed by atoms with Gasteiger partial charge in [-0.25, -0.2) is 4.68 Å². The number of hydrogen-bond acceptors (Lipinski definition) is 5. The van der Waals surface area contributed by atoms with Crippen molar-refractivity contribution >= 4 is 17.7 Å². The second kappa shape index (κ2) is 4.21. The SMILES string of the molecule is CC(C)(C)c1nnc2n1NC(CC(=O)O)CS2. The molecule has 0 aliphatic carbocycles. The Morgan fingerprint density at radius 1 is 1.59 bits per heavy atom. The molecule has 1 aromatic rings. The summed E-state index contributed by atoms with van der Waals surface area (Å²) in [5.41, 5.74) is 3.05. The summed E-state index contributed by atoms with van der Waals surface area (Å²) in [5.74, 6) is 0.737. The van der Waals surface area contributed by atoms with E-state index in [0.717, 1.165) is 11.0 Å². The lowest BCUT2D eigenvalue weighted by Crippen LogP contribution is -2.38. The van der Waals surface area contributed by atoms with Crippen molar-refractivity contribution in [1.29, 1.82) is 0 Å². The molecule has 0 amide bonds. The first-order valence-corrected chi connectivity index (χ1v) is 6.43. The van der Waals surface area contributed by atoms with Crippen LogP contribution >= 0.6 is 11.8 Å². The zero-order valence-electron chi connectivity index (χ0n) is 10.1. The number of aromatic nitrogens is 3. The van der Waals surface area contributed by atoms with Gasteiger partial charge in [-0.3, -0.25) is 4.79 Å². The van der Waals surface area contributed by atoms with Gasteiger partial charge in [0.15, 0.2) is 5.82 Å². The van der Waals surface area contributed by atoms with Gasteiger partial charge in [0.05, 0.1) is 12.5 Å². The number of nitrogens with zero attached hydrogens (tertiary/aromatic N) is 3. The molecule has 0 aromatic carbocycles. The van der Waals surface area contributed by atoms with Crippen molar-refractivity contribution in [2.75, 3.05) is 11.2 Å². The maximum absolute atomic E-state index is 10.7. The number of carbonyl (C=O) groups is 1. The molecule has 17 heavy (non-hydrogen) atoms. The second-order valence-corrected chi connectivity index (χ2v) is 6.11. The average molecular weight is 256 g/mol. The van der Waals surface area contributed by atoms with Crippen LogP contribution in [0.3, 0.4) is 0 Å². The Kier molecular flexibility index (Phi) is 3.03. The van der Waals surface area contributed by atoms with Crippen LogP contribution in [0, 0.1) is 0 Å². The van der Waals surface area contributed by atoms with E-state index in [4.69, 9.17) is 5.11 Å². The first kappa shape index (κ1) is 12.2. The van der Waals surface area contributed by atoms with Crippen molar-refractivity contribution < 1.29 is 9.90 Å². The lowest BCUT2D eigenvalue weighted by atomic mass is 9.96. The number of carboxylic acids is 1. The van der Waals surface area contributed by atoms with Crippen LogP contribution in [0.5, 0.6) is 0 Å². The number of carboxylic acid groups (broad SMARTS) is 1. The maximum Gasteiger partial charge on any atom is 0.305 e. The fourth-order valence-corrected chi connectivity index (χ4v) is 2.59. The first-order chi connectivity index (χ1) is 7.88. The van der Waals surface area contributed by atoms with Crippen LogP contribution in [0.2, 0.25) is 0 Å². The summed E-state index contributed by atoms with van der Waals surface area (Å²) in [7, 11) is 0. The molecule has 1 atom stereocenters. The smallest absolute Gasteiger partial charge is 0.305 e. The molecule has 1 aliphatic heterocycles. The molecule has 0 spiro atoms. The van der Waals surface area contributed by atoms with E-state index in [0.29, 0.717) is 5.75 Å². The summed E-state index contributed by atoms with van der Waals surface area (Å²) < 4.78 is 1.82.